The molecule has 0 fully saturated rings. The van der Waals surface area contributed by atoms with E-state index in [-0.39, 0.29) is 17.2 Å². The van der Waals surface area contributed by atoms with E-state index in [0.29, 0.717) is 11.3 Å². The van der Waals surface area contributed by atoms with Crippen molar-refractivity contribution in [2.24, 2.45) is 0 Å². The maximum atomic E-state index is 11.1. The third kappa shape index (κ3) is 3.09. The topological polar surface area (TPSA) is 85.4 Å². The molecule has 2 rings (SSSR count). The Morgan fingerprint density at radius 3 is 2.57 bits per heavy atom. The maximum absolute atomic E-state index is 11.1. The molecule has 0 aliphatic heterocycles. The highest BCUT2D eigenvalue weighted by Crippen LogP contribution is 2.36. The third-order valence-electron chi connectivity index (χ3n) is 2.84. The summed E-state index contributed by atoms with van der Waals surface area (Å²) in [6.45, 7) is 1.84. The number of ether oxygens (including phenoxy) is 2. The molecule has 0 saturated heterocycles. The number of aryl methyl sites for hydroxylation is 1. The Labute approximate surface area is 121 Å². The van der Waals surface area contributed by atoms with Crippen molar-refractivity contribution in [1.29, 1.82) is 5.26 Å². The number of hydrogen-bond acceptors (Lipinski definition) is 5. The normalized spacial score (nSPS) is 9.76. The van der Waals surface area contributed by atoms with Crippen LogP contribution in [0.4, 0.5) is 5.69 Å². The van der Waals surface area contributed by atoms with Crippen molar-refractivity contribution in [2.75, 3.05) is 7.11 Å². The zero-order valence-electron chi connectivity index (χ0n) is 11.5. The monoisotopic (exact) mass is 284 g/mol. The number of rotatable bonds is 4. The Kier molecular flexibility index (Phi) is 4.05. The minimum Gasteiger partial charge on any atom is -0.497 e. The molecule has 0 atom stereocenters. The molecule has 0 amide bonds. The highest BCUT2D eigenvalue weighted by molar-refractivity contribution is 5.54. The van der Waals surface area contributed by atoms with Crippen LogP contribution in [0.2, 0.25) is 0 Å². The van der Waals surface area contributed by atoms with Gasteiger partial charge in [-0.3, -0.25) is 10.1 Å². The fourth-order valence-electron chi connectivity index (χ4n) is 1.78. The van der Waals surface area contributed by atoms with Crippen LogP contribution in [-0.4, -0.2) is 12.0 Å². The standard InChI is InChI=1S/C15H12N2O4/c1-10-3-4-11(9-16)14(7-10)21-15-8-12(20-2)5-6-13(15)17(18)19/h3-8H,1-2H3. The molecule has 0 aliphatic carbocycles. The summed E-state index contributed by atoms with van der Waals surface area (Å²) in [5.41, 5.74) is 0.994. The number of nitriles is 1. The predicted octanol–water partition coefficient (Wildman–Crippen LogP) is 3.58. The first kappa shape index (κ1) is 14.3. The highest BCUT2D eigenvalue weighted by atomic mass is 16.6. The first-order valence-electron chi connectivity index (χ1n) is 6.06. The summed E-state index contributed by atoms with van der Waals surface area (Å²) < 4.78 is 10.6. The van der Waals surface area contributed by atoms with E-state index in [9.17, 15) is 10.1 Å². The van der Waals surface area contributed by atoms with E-state index in [0.717, 1.165) is 5.56 Å². The van der Waals surface area contributed by atoms with Crippen LogP contribution in [0.3, 0.4) is 0 Å². The number of nitro benzene ring substituents is 1. The van der Waals surface area contributed by atoms with Gasteiger partial charge in [-0.2, -0.15) is 5.26 Å². The van der Waals surface area contributed by atoms with Crippen molar-refractivity contribution in [3.05, 3.63) is 57.6 Å². The molecular formula is C15H12N2O4. The second kappa shape index (κ2) is 5.92. The van der Waals surface area contributed by atoms with Gasteiger partial charge in [0.1, 0.15) is 17.6 Å². The fraction of sp³-hybridized carbons (Fsp3) is 0.133. The van der Waals surface area contributed by atoms with Gasteiger partial charge in [-0.15, -0.1) is 0 Å². The van der Waals surface area contributed by atoms with E-state index in [1.54, 1.807) is 18.2 Å². The minimum absolute atomic E-state index is 0.0291. The van der Waals surface area contributed by atoms with Crippen LogP contribution in [0.5, 0.6) is 17.2 Å². The summed E-state index contributed by atoms with van der Waals surface area (Å²) in [6.07, 6.45) is 0. The van der Waals surface area contributed by atoms with Crippen LogP contribution in [0.15, 0.2) is 36.4 Å². The van der Waals surface area contributed by atoms with Crippen molar-refractivity contribution in [2.45, 2.75) is 6.92 Å². The molecule has 0 spiro atoms. The molecule has 6 heteroatoms. The van der Waals surface area contributed by atoms with E-state index in [4.69, 9.17) is 14.7 Å². The van der Waals surface area contributed by atoms with Gasteiger partial charge in [0.05, 0.1) is 17.6 Å². The maximum Gasteiger partial charge on any atom is 0.311 e. The van der Waals surface area contributed by atoms with Crippen LogP contribution in [-0.2, 0) is 0 Å². The summed E-state index contributed by atoms with van der Waals surface area (Å²) in [6, 6.07) is 11.2. The number of hydrogen-bond donors (Lipinski definition) is 0. The van der Waals surface area contributed by atoms with Gasteiger partial charge in [0.15, 0.2) is 0 Å². The van der Waals surface area contributed by atoms with Crippen molar-refractivity contribution in [3.63, 3.8) is 0 Å². The molecular weight excluding hydrogens is 272 g/mol. The summed E-state index contributed by atoms with van der Waals surface area (Å²) in [4.78, 5) is 10.5. The van der Waals surface area contributed by atoms with E-state index in [1.165, 1.54) is 25.3 Å². The number of nitro groups is 1. The molecule has 0 bridgehead atoms. The van der Waals surface area contributed by atoms with Gasteiger partial charge < -0.3 is 9.47 Å². The second-order valence-corrected chi connectivity index (χ2v) is 4.30. The molecule has 0 aliphatic rings. The Balaban J connectivity index is 2.50. The van der Waals surface area contributed by atoms with Crippen LogP contribution in [0, 0.1) is 28.4 Å². The fourth-order valence-corrected chi connectivity index (χ4v) is 1.78. The van der Waals surface area contributed by atoms with Crippen molar-refractivity contribution in [1.82, 2.24) is 0 Å². The van der Waals surface area contributed by atoms with Gasteiger partial charge in [0.2, 0.25) is 5.75 Å². The van der Waals surface area contributed by atoms with Crippen LogP contribution >= 0.6 is 0 Å². The Bertz CT molecular complexity index is 735. The van der Waals surface area contributed by atoms with Crippen molar-refractivity contribution < 1.29 is 14.4 Å². The van der Waals surface area contributed by atoms with Gasteiger partial charge in [0.25, 0.3) is 0 Å². The lowest BCUT2D eigenvalue weighted by atomic mass is 10.1. The quantitative estimate of drug-likeness (QED) is 0.632. The Hall–Kier alpha value is -3.07. The molecule has 0 unspecified atom stereocenters. The average Bonchev–Trinajstić information content (AvgIpc) is 2.47. The first-order valence-corrected chi connectivity index (χ1v) is 6.06. The van der Waals surface area contributed by atoms with Gasteiger partial charge in [-0.05, 0) is 30.7 Å². The van der Waals surface area contributed by atoms with E-state index >= 15 is 0 Å². The second-order valence-electron chi connectivity index (χ2n) is 4.30. The molecule has 0 heterocycles. The molecule has 21 heavy (non-hydrogen) atoms. The molecule has 6 nitrogen and oxygen atoms in total. The van der Waals surface area contributed by atoms with Crippen LogP contribution in [0.25, 0.3) is 0 Å². The summed E-state index contributed by atoms with van der Waals surface area (Å²) >= 11 is 0. The van der Waals surface area contributed by atoms with E-state index in [1.807, 2.05) is 13.0 Å². The lowest BCUT2D eigenvalue weighted by Crippen LogP contribution is -1.96. The summed E-state index contributed by atoms with van der Waals surface area (Å²) in [7, 11) is 1.46. The number of benzene rings is 2. The van der Waals surface area contributed by atoms with Gasteiger partial charge in [-0.25, -0.2) is 0 Å². The molecule has 2 aromatic rings. The molecule has 0 aromatic heterocycles. The molecule has 106 valence electrons. The number of methoxy groups -OCH3 is 1. The third-order valence-corrected chi connectivity index (χ3v) is 2.84. The number of nitrogens with zero attached hydrogens (tertiary/aromatic N) is 2. The van der Waals surface area contributed by atoms with Gasteiger partial charge in [0, 0.05) is 12.1 Å². The summed E-state index contributed by atoms with van der Waals surface area (Å²) in [5, 5.41) is 20.1. The smallest absolute Gasteiger partial charge is 0.311 e. The first-order chi connectivity index (χ1) is 10.0. The minimum atomic E-state index is -0.545. The van der Waals surface area contributed by atoms with Crippen molar-refractivity contribution >= 4 is 5.69 Å². The Morgan fingerprint density at radius 2 is 1.95 bits per heavy atom. The van der Waals surface area contributed by atoms with E-state index < -0.39 is 4.92 Å². The van der Waals surface area contributed by atoms with Crippen molar-refractivity contribution in [3.8, 4) is 23.3 Å². The zero-order chi connectivity index (χ0) is 15.4. The molecule has 0 radical (unpaired) electrons. The van der Waals surface area contributed by atoms with Gasteiger partial charge >= 0.3 is 5.69 Å². The highest BCUT2D eigenvalue weighted by Gasteiger charge is 2.18. The molecule has 0 N–H and O–H groups in total. The summed E-state index contributed by atoms with van der Waals surface area (Å²) in [5.74, 6) is 0.733. The van der Waals surface area contributed by atoms with Gasteiger partial charge in [-0.1, -0.05) is 6.07 Å². The predicted molar refractivity (Wildman–Crippen MR) is 75.6 cm³/mol. The van der Waals surface area contributed by atoms with Crippen LogP contribution in [0.1, 0.15) is 11.1 Å². The SMILES string of the molecule is COc1ccc([N+](=O)[O-])c(Oc2cc(C)ccc2C#N)c1. The molecule has 0 saturated carbocycles. The average molecular weight is 284 g/mol. The zero-order valence-corrected chi connectivity index (χ0v) is 11.5. The Morgan fingerprint density at radius 1 is 1.19 bits per heavy atom. The van der Waals surface area contributed by atoms with E-state index in [2.05, 4.69) is 0 Å². The lowest BCUT2D eigenvalue weighted by molar-refractivity contribution is -0.385. The lowest BCUT2D eigenvalue weighted by Gasteiger charge is -2.10. The largest absolute Gasteiger partial charge is 0.497 e. The molecule has 2 aromatic carbocycles. The van der Waals surface area contributed by atoms with Crippen LogP contribution < -0.4 is 9.47 Å².